The Morgan fingerprint density at radius 3 is 2.71 bits per heavy atom. The predicted octanol–water partition coefficient (Wildman–Crippen LogP) is 3.23. The van der Waals surface area contributed by atoms with E-state index in [2.05, 4.69) is 11.8 Å². The van der Waals surface area contributed by atoms with Crippen LogP contribution in [0.1, 0.15) is 36.7 Å². The largest absolute Gasteiger partial charge is 0.456 e. The number of esters is 1. The van der Waals surface area contributed by atoms with Gasteiger partial charge in [0.05, 0.1) is 11.4 Å². The molecular formula is C14H15ClO2. The van der Waals surface area contributed by atoms with E-state index in [9.17, 15) is 4.79 Å². The first-order chi connectivity index (χ1) is 7.92. The van der Waals surface area contributed by atoms with Crippen molar-refractivity contribution in [1.29, 1.82) is 0 Å². The Morgan fingerprint density at radius 1 is 1.41 bits per heavy atom. The Balaban J connectivity index is 2.88. The highest BCUT2D eigenvalue weighted by Crippen LogP contribution is 2.13. The van der Waals surface area contributed by atoms with Crippen LogP contribution in [0.3, 0.4) is 0 Å². The van der Waals surface area contributed by atoms with Crippen LogP contribution in [-0.2, 0) is 4.74 Å². The Morgan fingerprint density at radius 2 is 2.12 bits per heavy atom. The van der Waals surface area contributed by atoms with Gasteiger partial charge in [-0.1, -0.05) is 17.9 Å². The van der Waals surface area contributed by atoms with Crippen LogP contribution in [0.2, 0.25) is 0 Å². The Hall–Kier alpha value is -1.46. The van der Waals surface area contributed by atoms with Crippen molar-refractivity contribution in [3.8, 4) is 11.8 Å². The van der Waals surface area contributed by atoms with E-state index in [1.165, 1.54) is 0 Å². The monoisotopic (exact) mass is 250 g/mol. The fraction of sp³-hybridized carbons (Fsp3) is 0.357. The second-order valence-electron chi connectivity index (χ2n) is 4.52. The third kappa shape index (κ3) is 4.93. The molecule has 1 rings (SSSR count). The van der Waals surface area contributed by atoms with Gasteiger partial charge in [-0.15, -0.1) is 11.6 Å². The number of halogens is 1. The van der Waals surface area contributed by atoms with Gasteiger partial charge < -0.3 is 4.74 Å². The summed E-state index contributed by atoms with van der Waals surface area (Å²) < 4.78 is 5.27. The van der Waals surface area contributed by atoms with Crippen molar-refractivity contribution in [1.82, 2.24) is 0 Å². The number of alkyl halides is 1. The molecular weight excluding hydrogens is 236 g/mol. The highest BCUT2D eigenvalue weighted by molar-refractivity contribution is 6.19. The molecule has 0 aliphatic carbocycles. The summed E-state index contributed by atoms with van der Waals surface area (Å²) >= 11 is 5.48. The second kappa shape index (κ2) is 5.75. The van der Waals surface area contributed by atoms with Crippen molar-refractivity contribution < 1.29 is 9.53 Å². The van der Waals surface area contributed by atoms with E-state index in [0.717, 1.165) is 5.56 Å². The predicted molar refractivity (Wildman–Crippen MR) is 69.2 cm³/mol. The molecule has 0 aliphatic rings. The van der Waals surface area contributed by atoms with E-state index in [4.69, 9.17) is 16.3 Å². The lowest BCUT2D eigenvalue weighted by Gasteiger charge is -2.19. The number of rotatable bonds is 1. The molecule has 0 N–H and O–H groups in total. The molecule has 3 heteroatoms. The maximum Gasteiger partial charge on any atom is 0.338 e. The molecule has 0 fully saturated rings. The third-order valence-corrected chi connectivity index (χ3v) is 1.93. The molecule has 0 atom stereocenters. The van der Waals surface area contributed by atoms with Crippen molar-refractivity contribution in [3.05, 3.63) is 35.4 Å². The van der Waals surface area contributed by atoms with Gasteiger partial charge in [-0.3, -0.25) is 0 Å². The topological polar surface area (TPSA) is 26.3 Å². The van der Waals surface area contributed by atoms with Gasteiger partial charge in [0, 0.05) is 5.56 Å². The quantitative estimate of drug-likeness (QED) is 0.435. The van der Waals surface area contributed by atoms with Crippen LogP contribution in [0.4, 0.5) is 0 Å². The molecule has 0 radical (unpaired) electrons. The highest BCUT2D eigenvalue weighted by atomic mass is 35.5. The molecule has 0 aromatic heterocycles. The average Bonchev–Trinajstić information content (AvgIpc) is 2.24. The molecule has 90 valence electrons. The first-order valence-electron chi connectivity index (χ1n) is 5.30. The third-order valence-electron chi connectivity index (χ3n) is 1.80. The average molecular weight is 251 g/mol. The van der Waals surface area contributed by atoms with Gasteiger partial charge in [0.25, 0.3) is 0 Å². The van der Waals surface area contributed by atoms with Gasteiger partial charge in [0.15, 0.2) is 0 Å². The number of benzene rings is 1. The minimum absolute atomic E-state index is 0.274. The molecule has 0 amide bonds. The lowest BCUT2D eigenvalue weighted by Crippen LogP contribution is -2.23. The van der Waals surface area contributed by atoms with E-state index in [0.29, 0.717) is 5.56 Å². The molecule has 0 saturated heterocycles. The molecule has 17 heavy (non-hydrogen) atoms. The molecule has 0 aliphatic heterocycles. The summed E-state index contributed by atoms with van der Waals surface area (Å²) in [6.07, 6.45) is 0. The second-order valence-corrected chi connectivity index (χ2v) is 4.79. The summed E-state index contributed by atoms with van der Waals surface area (Å²) in [6, 6.07) is 7.01. The summed E-state index contributed by atoms with van der Waals surface area (Å²) in [6.45, 7) is 5.51. The minimum Gasteiger partial charge on any atom is -0.456 e. The van der Waals surface area contributed by atoms with Crippen LogP contribution in [0.5, 0.6) is 0 Å². The van der Waals surface area contributed by atoms with Gasteiger partial charge >= 0.3 is 5.97 Å². The van der Waals surface area contributed by atoms with Crippen LogP contribution in [0.15, 0.2) is 24.3 Å². The van der Waals surface area contributed by atoms with Crippen LogP contribution in [-0.4, -0.2) is 17.5 Å². The zero-order valence-corrected chi connectivity index (χ0v) is 11.0. The molecule has 0 unspecified atom stereocenters. The molecule has 2 nitrogen and oxygen atoms in total. The maximum atomic E-state index is 11.8. The molecule has 0 heterocycles. The van der Waals surface area contributed by atoms with Crippen molar-refractivity contribution in [2.24, 2.45) is 0 Å². The molecule has 1 aromatic rings. The maximum absolute atomic E-state index is 11.8. The summed E-state index contributed by atoms with van der Waals surface area (Å²) in [5, 5.41) is 0. The van der Waals surface area contributed by atoms with Crippen molar-refractivity contribution in [2.75, 3.05) is 5.88 Å². The number of hydrogen-bond acceptors (Lipinski definition) is 2. The van der Waals surface area contributed by atoms with Crippen LogP contribution in [0, 0.1) is 11.8 Å². The normalized spacial score (nSPS) is 10.4. The highest BCUT2D eigenvalue weighted by Gasteiger charge is 2.17. The lowest BCUT2D eigenvalue weighted by atomic mass is 10.1. The number of carbonyl (C=O) groups is 1. The van der Waals surface area contributed by atoms with Gasteiger partial charge in [-0.2, -0.15) is 0 Å². The number of hydrogen-bond donors (Lipinski definition) is 0. The smallest absolute Gasteiger partial charge is 0.338 e. The lowest BCUT2D eigenvalue weighted by molar-refractivity contribution is 0.00695. The zero-order chi connectivity index (χ0) is 12.9. The van der Waals surface area contributed by atoms with Gasteiger partial charge in [0.1, 0.15) is 5.60 Å². The summed E-state index contributed by atoms with van der Waals surface area (Å²) in [5.41, 5.74) is 0.768. The fourth-order valence-electron chi connectivity index (χ4n) is 1.20. The van der Waals surface area contributed by atoms with Crippen molar-refractivity contribution >= 4 is 17.6 Å². The summed E-state index contributed by atoms with van der Waals surface area (Å²) in [5.74, 6) is 5.54. The first kappa shape index (κ1) is 13.6. The SMILES string of the molecule is CC(C)(C)OC(=O)c1cccc(C#CCCl)c1. The van der Waals surface area contributed by atoms with E-state index >= 15 is 0 Å². The Kier molecular flexibility index (Phi) is 4.60. The molecule has 0 bridgehead atoms. The summed E-state index contributed by atoms with van der Waals surface area (Å²) in [4.78, 5) is 11.8. The van der Waals surface area contributed by atoms with Crippen molar-refractivity contribution in [2.45, 2.75) is 26.4 Å². The fourth-order valence-corrected chi connectivity index (χ4v) is 1.26. The van der Waals surface area contributed by atoms with E-state index in [1.807, 2.05) is 26.8 Å². The van der Waals surface area contributed by atoms with Gasteiger partial charge in [-0.25, -0.2) is 4.79 Å². The standard InChI is InChI=1S/C14H15ClO2/c1-14(2,3)17-13(16)12-8-4-6-11(10-12)7-5-9-15/h4,6,8,10H,9H2,1-3H3. The van der Waals surface area contributed by atoms with E-state index in [-0.39, 0.29) is 11.8 Å². The first-order valence-corrected chi connectivity index (χ1v) is 5.84. The zero-order valence-electron chi connectivity index (χ0n) is 10.2. The number of carbonyl (C=O) groups excluding carboxylic acids is 1. The molecule has 1 aromatic carbocycles. The molecule has 0 saturated carbocycles. The summed E-state index contributed by atoms with van der Waals surface area (Å²) in [7, 11) is 0. The Bertz CT molecular complexity index is 461. The van der Waals surface area contributed by atoms with Crippen LogP contribution in [0.25, 0.3) is 0 Å². The minimum atomic E-state index is -0.491. The van der Waals surface area contributed by atoms with Crippen LogP contribution < -0.4 is 0 Å². The van der Waals surface area contributed by atoms with Gasteiger partial charge in [0.2, 0.25) is 0 Å². The Labute approximate surface area is 107 Å². The van der Waals surface area contributed by atoms with E-state index in [1.54, 1.807) is 18.2 Å². The van der Waals surface area contributed by atoms with Crippen molar-refractivity contribution in [3.63, 3.8) is 0 Å². The van der Waals surface area contributed by atoms with Crippen LogP contribution >= 0.6 is 11.6 Å². The van der Waals surface area contributed by atoms with E-state index < -0.39 is 5.60 Å². The molecule has 0 spiro atoms. The number of ether oxygens (including phenoxy) is 1. The van der Waals surface area contributed by atoms with Gasteiger partial charge in [-0.05, 0) is 39.0 Å².